The summed E-state index contributed by atoms with van der Waals surface area (Å²) in [5.74, 6) is -0.294. The second-order valence-corrected chi connectivity index (χ2v) is 8.86. The van der Waals surface area contributed by atoms with Crippen LogP contribution in [0.4, 0.5) is 17.6 Å². The van der Waals surface area contributed by atoms with E-state index in [0.717, 1.165) is 6.07 Å². The van der Waals surface area contributed by atoms with Gasteiger partial charge in [0.1, 0.15) is 11.6 Å². The van der Waals surface area contributed by atoms with E-state index in [1.54, 1.807) is 58.0 Å². The van der Waals surface area contributed by atoms with Crippen LogP contribution in [0.3, 0.4) is 0 Å². The highest BCUT2D eigenvalue weighted by atomic mass is 19.4. The van der Waals surface area contributed by atoms with Gasteiger partial charge in [-0.05, 0) is 47.4 Å². The fourth-order valence-electron chi connectivity index (χ4n) is 4.02. The Hall–Kier alpha value is -2.08. The van der Waals surface area contributed by atoms with Gasteiger partial charge in [0, 0.05) is 5.56 Å². The van der Waals surface area contributed by atoms with Crippen molar-refractivity contribution in [3.05, 3.63) is 65.5 Å². The number of halogens is 4. The van der Waals surface area contributed by atoms with E-state index < -0.39 is 41.3 Å². The monoisotopic (exact) mass is 412 g/mol. The average Bonchev–Trinajstić information content (AvgIpc) is 2.60. The molecule has 2 aromatic carbocycles. The molecule has 2 nitrogen and oxygen atoms in total. The molecule has 1 unspecified atom stereocenters. The van der Waals surface area contributed by atoms with Crippen molar-refractivity contribution in [1.29, 1.82) is 0 Å². The quantitative estimate of drug-likeness (QED) is 0.552. The maximum Gasteiger partial charge on any atom is 0.417 e. The van der Waals surface area contributed by atoms with Crippen molar-refractivity contribution in [2.45, 2.75) is 63.1 Å². The Kier molecular flexibility index (Phi) is 6.38. The summed E-state index contributed by atoms with van der Waals surface area (Å²) in [6.07, 6.45) is -6.04. The van der Waals surface area contributed by atoms with Gasteiger partial charge in [0.05, 0.1) is 7.11 Å². The van der Waals surface area contributed by atoms with Crippen molar-refractivity contribution in [2.75, 3.05) is 7.11 Å². The Balaban J connectivity index is 2.46. The molecule has 160 valence electrons. The van der Waals surface area contributed by atoms with E-state index in [0.29, 0.717) is 5.56 Å². The summed E-state index contributed by atoms with van der Waals surface area (Å²) < 4.78 is 61.4. The zero-order valence-corrected chi connectivity index (χ0v) is 17.4. The molecule has 2 rings (SSSR count). The van der Waals surface area contributed by atoms with Gasteiger partial charge in [0.25, 0.3) is 0 Å². The van der Waals surface area contributed by atoms with Crippen LogP contribution in [0.25, 0.3) is 0 Å². The number of ether oxygens (including phenoxy) is 1. The lowest BCUT2D eigenvalue weighted by atomic mass is 9.68. The molecular formula is C23H28F4O2. The van der Waals surface area contributed by atoms with Crippen molar-refractivity contribution >= 4 is 0 Å². The molecule has 0 radical (unpaired) electrons. The fraction of sp³-hybridized carbons (Fsp3) is 0.478. The normalized spacial score (nSPS) is 15.1. The van der Waals surface area contributed by atoms with Gasteiger partial charge >= 0.3 is 6.18 Å². The van der Waals surface area contributed by atoms with Crippen molar-refractivity contribution in [3.63, 3.8) is 0 Å². The number of alkyl halides is 3. The predicted octanol–water partition coefficient (Wildman–Crippen LogP) is 6.16. The highest BCUT2D eigenvalue weighted by molar-refractivity contribution is 5.40. The largest absolute Gasteiger partial charge is 0.496 e. The summed E-state index contributed by atoms with van der Waals surface area (Å²) in [7, 11) is 1.38. The van der Waals surface area contributed by atoms with Crippen LogP contribution < -0.4 is 4.74 Å². The van der Waals surface area contributed by atoms with E-state index >= 15 is 0 Å². The topological polar surface area (TPSA) is 29.5 Å². The Bertz CT molecular complexity index is 829. The first-order valence-corrected chi connectivity index (χ1v) is 9.40. The molecule has 0 aliphatic rings. The number of methoxy groups -OCH3 is 1. The molecule has 0 aliphatic heterocycles. The summed E-state index contributed by atoms with van der Waals surface area (Å²) in [4.78, 5) is 0. The van der Waals surface area contributed by atoms with E-state index in [9.17, 15) is 22.7 Å². The minimum atomic E-state index is -4.86. The van der Waals surface area contributed by atoms with Gasteiger partial charge in [0.2, 0.25) is 0 Å². The molecule has 2 aromatic rings. The number of rotatable bonds is 7. The minimum Gasteiger partial charge on any atom is -0.496 e. The second-order valence-electron chi connectivity index (χ2n) is 8.86. The Labute approximate surface area is 169 Å². The molecule has 1 N–H and O–H groups in total. The van der Waals surface area contributed by atoms with Crippen LogP contribution in [-0.4, -0.2) is 24.0 Å². The summed E-state index contributed by atoms with van der Waals surface area (Å²) >= 11 is 0. The maximum absolute atomic E-state index is 14.1. The maximum atomic E-state index is 14.1. The van der Waals surface area contributed by atoms with Gasteiger partial charge in [0.15, 0.2) is 5.60 Å². The van der Waals surface area contributed by atoms with Crippen molar-refractivity contribution in [2.24, 2.45) is 0 Å². The zero-order valence-electron chi connectivity index (χ0n) is 17.4. The Morgan fingerprint density at radius 3 is 1.93 bits per heavy atom. The minimum absolute atomic E-state index is 0.278. The third-order valence-electron chi connectivity index (χ3n) is 5.44. The van der Waals surface area contributed by atoms with Gasteiger partial charge in [-0.15, -0.1) is 0 Å². The lowest BCUT2D eigenvalue weighted by Crippen LogP contribution is -2.52. The van der Waals surface area contributed by atoms with E-state index in [-0.39, 0.29) is 11.3 Å². The third-order valence-corrected chi connectivity index (χ3v) is 5.44. The molecule has 0 aromatic heterocycles. The lowest BCUT2D eigenvalue weighted by Gasteiger charge is -2.42. The van der Waals surface area contributed by atoms with Gasteiger partial charge in [-0.3, -0.25) is 0 Å². The molecule has 0 saturated carbocycles. The molecule has 0 heterocycles. The lowest BCUT2D eigenvalue weighted by molar-refractivity contribution is -0.273. The first-order valence-electron chi connectivity index (χ1n) is 9.40. The van der Waals surface area contributed by atoms with Gasteiger partial charge in [-0.25, -0.2) is 4.39 Å². The van der Waals surface area contributed by atoms with Gasteiger partial charge in [-0.2, -0.15) is 13.2 Å². The van der Waals surface area contributed by atoms with Crippen molar-refractivity contribution in [1.82, 2.24) is 0 Å². The number of benzene rings is 2. The van der Waals surface area contributed by atoms with Crippen LogP contribution in [0, 0.1) is 5.82 Å². The van der Waals surface area contributed by atoms with Crippen LogP contribution in [-0.2, 0) is 10.8 Å². The average molecular weight is 412 g/mol. The van der Waals surface area contributed by atoms with Crippen LogP contribution in [0.15, 0.2) is 48.5 Å². The molecule has 0 bridgehead atoms. The summed E-state index contributed by atoms with van der Waals surface area (Å²) in [6, 6.07) is 12.5. The van der Waals surface area contributed by atoms with Crippen molar-refractivity contribution in [3.8, 4) is 5.75 Å². The highest BCUT2D eigenvalue weighted by Crippen LogP contribution is 2.48. The van der Waals surface area contributed by atoms with E-state index in [2.05, 4.69) is 0 Å². The fourth-order valence-corrected chi connectivity index (χ4v) is 4.02. The number of hydrogen-bond donors (Lipinski definition) is 1. The van der Waals surface area contributed by atoms with Gasteiger partial charge < -0.3 is 9.84 Å². The highest BCUT2D eigenvalue weighted by Gasteiger charge is 2.58. The molecule has 6 heteroatoms. The molecule has 29 heavy (non-hydrogen) atoms. The zero-order chi connectivity index (χ0) is 22.1. The Morgan fingerprint density at radius 1 is 0.862 bits per heavy atom. The van der Waals surface area contributed by atoms with E-state index in [4.69, 9.17) is 4.74 Å². The predicted molar refractivity (Wildman–Crippen MR) is 106 cm³/mol. The van der Waals surface area contributed by atoms with E-state index in [1.807, 2.05) is 0 Å². The molecule has 0 spiro atoms. The van der Waals surface area contributed by atoms with Crippen LogP contribution in [0.5, 0.6) is 5.75 Å². The first kappa shape index (κ1) is 23.2. The molecule has 0 aliphatic carbocycles. The SMILES string of the molecule is COc1ccc(F)cc1C(C)(C)CC(O)(CC(C)(C)c1ccccc1)C(F)(F)F. The third kappa shape index (κ3) is 5.10. The summed E-state index contributed by atoms with van der Waals surface area (Å²) in [6.45, 7) is 6.46. The molecule has 0 saturated heterocycles. The molecular weight excluding hydrogens is 384 g/mol. The molecule has 1 atom stereocenters. The molecule has 0 amide bonds. The number of aliphatic hydroxyl groups is 1. The summed E-state index contributed by atoms with van der Waals surface area (Å²) in [5.41, 5.74) is -4.14. The Morgan fingerprint density at radius 2 is 1.41 bits per heavy atom. The van der Waals surface area contributed by atoms with Crippen molar-refractivity contribution < 1.29 is 27.4 Å². The van der Waals surface area contributed by atoms with Crippen LogP contribution in [0.1, 0.15) is 51.7 Å². The molecule has 0 fully saturated rings. The standard InChI is InChI=1S/C23H28F4O2/c1-20(2,16-9-7-6-8-10-16)14-22(28,23(25,26)27)15-21(3,4)18-13-17(24)11-12-19(18)29-5/h6-13,28H,14-15H2,1-5H3. The number of hydrogen-bond acceptors (Lipinski definition) is 2. The van der Waals surface area contributed by atoms with E-state index in [1.165, 1.54) is 19.2 Å². The summed E-state index contributed by atoms with van der Waals surface area (Å²) in [5, 5.41) is 10.9. The van der Waals surface area contributed by atoms with Crippen LogP contribution >= 0.6 is 0 Å². The second kappa shape index (κ2) is 7.98. The smallest absolute Gasteiger partial charge is 0.417 e. The van der Waals surface area contributed by atoms with Crippen LogP contribution in [0.2, 0.25) is 0 Å². The van der Waals surface area contributed by atoms with Gasteiger partial charge in [-0.1, -0.05) is 58.0 Å². The first-order chi connectivity index (χ1) is 13.2.